The number of aliphatic carboxylic acids is 1. The number of ether oxygens (including phenoxy) is 1. The summed E-state index contributed by atoms with van der Waals surface area (Å²) in [6, 6.07) is 0. The highest BCUT2D eigenvalue weighted by atomic mass is 16.5. The third-order valence-electron chi connectivity index (χ3n) is 4.41. The van der Waals surface area contributed by atoms with E-state index in [1.807, 2.05) is 12.2 Å². The normalized spacial score (nSPS) is 26.4. The number of carboxylic acids is 1. The van der Waals surface area contributed by atoms with Crippen LogP contribution < -0.4 is 0 Å². The van der Waals surface area contributed by atoms with Gasteiger partial charge in [0.15, 0.2) is 0 Å². The number of carbonyl (C=O) groups is 3. The van der Waals surface area contributed by atoms with Gasteiger partial charge >= 0.3 is 11.9 Å². The molecule has 1 amide bonds. The average molecular weight is 295 g/mol. The number of allylic oxidation sites excluding steroid dienone is 2. The van der Waals surface area contributed by atoms with Crippen molar-refractivity contribution in [3.63, 3.8) is 0 Å². The van der Waals surface area contributed by atoms with E-state index in [1.165, 1.54) is 7.11 Å². The smallest absolute Gasteiger partial charge is 0.308 e. The number of amides is 1. The fourth-order valence-corrected chi connectivity index (χ4v) is 3.10. The molecule has 2 atom stereocenters. The molecule has 2 aliphatic rings. The Morgan fingerprint density at radius 3 is 2.19 bits per heavy atom. The molecule has 1 heterocycles. The van der Waals surface area contributed by atoms with Crippen LogP contribution in [0.1, 0.15) is 25.7 Å². The van der Waals surface area contributed by atoms with Crippen LogP contribution in [0, 0.1) is 17.8 Å². The van der Waals surface area contributed by atoms with Crippen LogP contribution in [0.3, 0.4) is 0 Å². The highest BCUT2D eigenvalue weighted by Crippen LogP contribution is 2.29. The Kier molecular flexibility index (Phi) is 4.98. The monoisotopic (exact) mass is 295 g/mol. The summed E-state index contributed by atoms with van der Waals surface area (Å²) in [6.45, 7) is 0.982. The lowest BCUT2D eigenvalue weighted by atomic mass is 9.81. The van der Waals surface area contributed by atoms with Crippen molar-refractivity contribution in [3.05, 3.63) is 12.2 Å². The minimum atomic E-state index is -0.915. The molecule has 1 aliphatic carbocycles. The number of hydrogen-bond donors (Lipinski definition) is 1. The summed E-state index contributed by atoms with van der Waals surface area (Å²) in [5, 5.41) is 9.24. The summed E-state index contributed by atoms with van der Waals surface area (Å²) < 4.78 is 4.72. The second-order valence-electron chi connectivity index (χ2n) is 5.62. The molecule has 6 nitrogen and oxygen atoms in total. The predicted molar refractivity (Wildman–Crippen MR) is 74.3 cm³/mol. The number of carboxylic acid groups (broad SMARTS) is 1. The van der Waals surface area contributed by atoms with E-state index >= 15 is 0 Å². The molecule has 0 spiro atoms. The Balaban J connectivity index is 1.96. The molecule has 1 N–H and O–H groups in total. The van der Waals surface area contributed by atoms with E-state index in [4.69, 9.17) is 4.74 Å². The molecule has 0 aromatic carbocycles. The maximum absolute atomic E-state index is 12.5. The molecule has 1 saturated heterocycles. The van der Waals surface area contributed by atoms with Gasteiger partial charge in [-0.15, -0.1) is 0 Å². The van der Waals surface area contributed by atoms with Crippen molar-refractivity contribution in [2.45, 2.75) is 25.7 Å². The lowest BCUT2D eigenvalue weighted by molar-refractivity contribution is -0.153. The van der Waals surface area contributed by atoms with Crippen molar-refractivity contribution in [1.29, 1.82) is 0 Å². The fraction of sp³-hybridized carbons (Fsp3) is 0.667. The second kappa shape index (κ2) is 6.74. The molecule has 0 radical (unpaired) electrons. The number of likely N-dealkylation sites (tertiary alicyclic amines) is 1. The van der Waals surface area contributed by atoms with E-state index in [0.29, 0.717) is 38.8 Å². The van der Waals surface area contributed by atoms with Crippen LogP contribution in [0.25, 0.3) is 0 Å². The van der Waals surface area contributed by atoms with E-state index in [-0.39, 0.29) is 17.8 Å². The van der Waals surface area contributed by atoms with E-state index in [2.05, 4.69) is 0 Å². The van der Waals surface area contributed by atoms with Crippen LogP contribution in [-0.4, -0.2) is 48.1 Å². The van der Waals surface area contributed by atoms with Gasteiger partial charge in [0.25, 0.3) is 0 Å². The standard InChI is InChI=1S/C15H21NO5/c1-21-15(20)10-6-8-16(9-7-10)13(17)11-4-2-3-5-12(11)14(18)19/h2-3,10-12H,4-9H2,1H3,(H,18,19)/t11-,12+/m1/s1. The minimum absolute atomic E-state index is 0.102. The highest BCUT2D eigenvalue weighted by molar-refractivity contribution is 5.85. The Hall–Kier alpha value is -1.85. The molecule has 1 aliphatic heterocycles. The quantitative estimate of drug-likeness (QED) is 0.622. The minimum Gasteiger partial charge on any atom is -0.481 e. The van der Waals surface area contributed by atoms with Crippen molar-refractivity contribution in [3.8, 4) is 0 Å². The molecular formula is C15H21NO5. The van der Waals surface area contributed by atoms with Crippen LogP contribution >= 0.6 is 0 Å². The Morgan fingerprint density at radius 1 is 1.10 bits per heavy atom. The Labute approximate surface area is 123 Å². The van der Waals surface area contributed by atoms with Crippen LogP contribution in [0.5, 0.6) is 0 Å². The number of nitrogens with zero attached hydrogens (tertiary/aromatic N) is 1. The second-order valence-corrected chi connectivity index (χ2v) is 5.62. The molecule has 0 aromatic heterocycles. The third kappa shape index (κ3) is 3.43. The third-order valence-corrected chi connectivity index (χ3v) is 4.41. The van der Waals surface area contributed by atoms with Crippen molar-refractivity contribution < 1.29 is 24.2 Å². The van der Waals surface area contributed by atoms with Gasteiger partial charge in [-0.2, -0.15) is 0 Å². The molecule has 0 aromatic rings. The first-order chi connectivity index (χ1) is 10.0. The molecule has 0 saturated carbocycles. The van der Waals surface area contributed by atoms with Crippen LogP contribution in [0.4, 0.5) is 0 Å². The summed E-state index contributed by atoms with van der Waals surface area (Å²) in [7, 11) is 1.37. The van der Waals surface area contributed by atoms with Gasteiger partial charge in [0.2, 0.25) is 5.91 Å². The fourth-order valence-electron chi connectivity index (χ4n) is 3.10. The maximum Gasteiger partial charge on any atom is 0.308 e. The Bertz CT molecular complexity index is 451. The van der Waals surface area contributed by atoms with E-state index in [9.17, 15) is 19.5 Å². The SMILES string of the molecule is COC(=O)C1CCN(C(=O)[C@@H]2CC=CC[C@@H]2C(=O)O)CC1. The van der Waals surface area contributed by atoms with E-state index in [1.54, 1.807) is 4.90 Å². The van der Waals surface area contributed by atoms with Gasteiger partial charge in [-0.1, -0.05) is 12.2 Å². The summed E-state index contributed by atoms with van der Waals surface area (Å²) in [4.78, 5) is 37.0. The lowest BCUT2D eigenvalue weighted by Gasteiger charge is -2.35. The summed E-state index contributed by atoms with van der Waals surface area (Å²) >= 11 is 0. The van der Waals surface area contributed by atoms with Gasteiger partial charge in [-0.25, -0.2) is 0 Å². The zero-order chi connectivity index (χ0) is 15.4. The zero-order valence-corrected chi connectivity index (χ0v) is 12.2. The lowest BCUT2D eigenvalue weighted by Crippen LogP contribution is -2.46. The van der Waals surface area contributed by atoms with Crippen LogP contribution in [0.2, 0.25) is 0 Å². The van der Waals surface area contributed by atoms with Gasteiger partial charge < -0.3 is 14.7 Å². The number of methoxy groups -OCH3 is 1. The molecule has 116 valence electrons. The van der Waals surface area contributed by atoms with Crippen LogP contribution in [-0.2, 0) is 19.1 Å². The van der Waals surface area contributed by atoms with Crippen molar-refractivity contribution in [2.75, 3.05) is 20.2 Å². The summed E-state index contributed by atoms with van der Waals surface area (Å²) in [5.41, 5.74) is 0. The van der Waals surface area contributed by atoms with Crippen LogP contribution in [0.15, 0.2) is 12.2 Å². The molecule has 6 heteroatoms. The van der Waals surface area contributed by atoms with E-state index < -0.39 is 17.8 Å². The Morgan fingerprint density at radius 2 is 1.67 bits per heavy atom. The first kappa shape index (κ1) is 15.5. The maximum atomic E-state index is 12.5. The zero-order valence-electron chi connectivity index (χ0n) is 12.2. The van der Waals surface area contributed by atoms with Gasteiger partial charge in [0, 0.05) is 13.1 Å². The first-order valence-corrected chi connectivity index (χ1v) is 7.29. The van der Waals surface area contributed by atoms with Gasteiger partial charge in [-0.3, -0.25) is 14.4 Å². The highest BCUT2D eigenvalue weighted by Gasteiger charge is 2.38. The average Bonchev–Trinajstić information content (AvgIpc) is 2.53. The molecule has 1 fully saturated rings. The predicted octanol–water partition coefficient (Wildman–Crippen LogP) is 1.06. The van der Waals surface area contributed by atoms with Crippen molar-refractivity contribution in [1.82, 2.24) is 4.90 Å². The molecule has 0 unspecified atom stereocenters. The topological polar surface area (TPSA) is 83.9 Å². The molecule has 21 heavy (non-hydrogen) atoms. The number of carbonyl (C=O) groups excluding carboxylic acids is 2. The molecular weight excluding hydrogens is 274 g/mol. The summed E-state index contributed by atoms with van der Waals surface area (Å²) in [5.74, 6) is -2.52. The number of rotatable bonds is 3. The number of hydrogen-bond acceptors (Lipinski definition) is 4. The molecule has 2 rings (SSSR count). The van der Waals surface area contributed by atoms with Gasteiger partial charge in [0.05, 0.1) is 24.9 Å². The number of esters is 1. The summed E-state index contributed by atoms with van der Waals surface area (Å²) in [6.07, 6.45) is 5.75. The van der Waals surface area contributed by atoms with Gasteiger partial charge in [0.1, 0.15) is 0 Å². The largest absolute Gasteiger partial charge is 0.481 e. The molecule has 0 bridgehead atoms. The van der Waals surface area contributed by atoms with Crippen molar-refractivity contribution in [2.24, 2.45) is 17.8 Å². The first-order valence-electron chi connectivity index (χ1n) is 7.29. The van der Waals surface area contributed by atoms with Gasteiger partial charge in [-0.05, 0) is 25.7 Å². The van der Waals surface area contributed by atoms with E-state index in [0.717, 1.165) is 0 Å². The van der Waals surface area contributed by atoms with Crippen molar-refractivity contribution >= 4 is 17.8 Å². The number of piperidine rings is 1.